The second kappa shape index (κ2) is 6.41. The van der Waals surface area contributed by atoms with Gasteiger partial charge in [0.05, 0.1) is 13.7 Å². The van der Waals surface area contributed by atoms with Crippen molar-refractivity contribution in [1.82, 2.24) is 0 Å². The summed E-state index contributed by atoms with van der Waals surface area (Å²) in [5.41, 5.74) is 0.945. The first-order valence-corrected chi connectivity index (χ1v) is 8.20. The lowest BCUT2D eigenvalue weighted by Crippen LogP contribution is -2.05. The van der Waals surface area contributed by atoms with Crippen LogP contribution in [0.4, 0.5) is 0 Å². The van der Waals surface area contributed by atoms with Gasteiger partial charge in [0.25, 0.3) is 0 Å². The van der Waals surface area contributed by atoms with E-state index in [0.29, 0.717) is 6.16 Å². The molecule has 0 bridgehead atoms. The van der Waals surface area contributed by atoms with Gasteiger partial charge in [-0.15, -0.1) is 0 Å². The summed E-state index contributed by atoms with van der Waals surface area (Å²) >= 11 is 0. The fourth-order valence-electron chi connectivity index (χ4n) is 1.14. The molecule has 0 amide bonds. The van der Waals surface area contributed by atoms with Crippen LogP contribution in [0.5, 0.6) is 0 Å². The first-order chi connectivity index (χ1) is 7.97. The Morgan fingerprint density at radius 1 is 1.29 bits per heavy atom. The second-order valence-corrected chi connectivity index (χ2v) is 7.80. The first-order valence-electron chi connectivity index (χ1n) is 5.41. The van der Waals surface area contributed by atoms with Crippen LogP contribution in [0.2, 0.25) is 0 Å². The van der Waals surface area contributed by atoms with E-state index in [1.165, 1.54) is 6.08 Å². The second-order valence-electron chi connectivity index (χ2n) is 4.21. The Balaban J connectivity index is 2.35. The molecule has 0 aliphatic heterocycles. The zero-order valence-electron chi connectivity index (χ0n) is 10.1. The highest BCUT2D eigenvalue weighted by Gasteiger charge is 2.07. The number of ether oxygens (including phenoxy) is 1. The Kier molecular flexibility index (Phi) is 5.17. The Morgan fingerprint density at radius 2 is 1.94 bits per heavy atom. The van der Waals surface area contributed by atoms with Gasteiger partial charge in [0, 0.05) is 12.2 Å². The van der Waals surface area contributed by atoms with Crippen molar-refractivity contribution in [3.8, 4) is 0 Å². The quantitative estimate of drug-likeness (QED) is 0.460. The van der Waals surface area contributed by atoms with Crippen LogP contribution in [0.25, 0.3) is 6.08 Å². The maximum absolute atomic E-state index is 11.4. The number of benzene rings is 1. The van der Waals surface area contributed by atoms with Crippen molar-refractivity contribution >= 4 is 19.2 Å². The lowest BCUT2D eigenvalue weighted by atomic mass is 10.2. The molecule has 92 valence electrons. The summed E-state index contributed by atoms with van der Waals surface area (Å²) in [5.74, 6) is -0.401. The maximum atomic E-state index is 11.4. The molecule has 3 nitrogen and oxygen atoms in total. The molecule has 1 aromatic rings. The molecule has 0 aliphatic carbocycles. The molecule has 4 heteroatoms. The SMILES string of the molecule is CP(C)(=O)CCOC(=O)/C=C/c1ccccc1. The van der Waals surface area contributed by atoms with Gasteiger partial charge >= 0.3 is 5.97 Å². The van der Waals surface area contributed by atoms with E-state index in [1.807, 2.05) is 30.3 Å². The minimum absolute atomic E-state index is 0.211. The summed E-state index contributed by atoms with van der Waals surface area (Å²) in [6, 6.07) is 9.51. The molecule has 0 atom stereocenters. The third-order valence-electron chi connectivity index (χ3n) is 2.09. The lowest BCUT2D eigenvalue weighted by molar-refractivity contribution is -0.137. The molecular formula is C13H17O3P. The molecule has 0 heterocycles. The van der Waals surface area contributed by atoms with E-state index in [9.17, 15) is 9.36 Å². The molecule has 0 radical (unpaired) electrons. The third-order valence-corrected chi connectivity index (χ3v) is 3.35. The molecule has 0 N–H and O–H groups in total. The molecule has 0 saturated heterocycles. The number of rotatable bonds is 5. The number of carbonyl (C=O) groups is 1. The van der Waals surface area contributed by atoms with Gasteiger partial charge in [0.2, 0.25) is 0 Å². The van der Waals surface area contributed by atoms with Gasteiger partial charge in [-0.05, 0) is 25.0 Å². The van der Waals surface area contributed by atoms with E-state index in [0.717, 1.165) is 5.56 Å². The number of hydrogen-bond donors (Lipinski definition) is 0. The van der Waals surface area contributed by atoms with Gasteiger partial charge in [-0.25, -0.2) is 4.79 Å². The summed E-state index contributed by atoms with van der Waals surface area (Å²) in [6.45, 7) is 3.57. The van der Waals surface area contributed by atoms with Crippen LogP contribution in [0.15, 0.2) is 36.4 Å². The highest BCUT2D eigenvalue weighted by molar-refractivity contribution is 7.62. The summed E-state index contributed by atoms with van der Waals surface area (Å²) in [4.78, 5) is 11.3. The summed E-state index contributed by atoms with van der Waals surface area (Å²) in [5, 5.41) is 0. The van der Waals surface area contributed by atoms with Gasteiger partial charge in [-0.1, -0.05) is 30.3 Å². The van der Waals surface area contributed by atoms with E-state index in [2.05, 4.69) is 0 Å². The van der Waals surface area contributed by atoms with Crippen LogP contribution < -0.4 is 0 Å². The van der Waals surface area contributed by atoms with E-state index in [1.54, 1.807) is 19.4 Å². The monoisotopic (exact) mass is 252 g/mol. The topological polar surface area (TPSA) is 43.4 Å². The Bertz CT molecular complexity index is 431. The average Bonchev–Trinajstić information content (AvgIpc) is 2.26. The highest BCUT2D eigenvalue weighted by Crippen LogP contribution is 2.34. The van der Waals surface area contributed by atoms with Crippen LogP contribution in [0.1, 0.15) is 5.56 Å². The van der Waals surface area contributed by atoms with Crippen molar-refractivity contribution in [3.05, 3.63) is 42.0 Å². The average molecular weight is 252 g/mol. The van der Waals surface area contributed by atoms with Gasteiger partial charge in [0.1, 0.15) is 0 Å². The molecule has 1 rings (SSSR count). The first kappa shape index (κ1) is 13.7. The molecule has 0 aromatic heterocycles. The molecule has 17 heavy (non-hydrogen) atoms. The van der Waals surface area contributed by atoms with Gasteiger partial charge in [-0.2, -0.15) is 0 Å². The van der Waals surface area contributed by atoms with E-state index >= 15 is 0 Å². The molecule has 0 fully saturated rings. The van der Waals surface area contributed by atoms with Gasteiger partial charge in [-0.3, -0.25) is 0 Å². The van der Waals surface area contributed by atoms with E-state index < -0.39 is 13.1 Å². The third kappa shape index (κ3) is 6.75. The Hall–Kier alpha value is -1.34. The predicted octanol–water partition coefficient (Wildman–Crippen LogP) is 2.87. The van der Waals surface area contributed by atoms with Crippen molar-refractivity contribution < 1.29 is 14.1 Å². The molecule has 1 aromatic carbocycles. The van der Waals surface area contributed by atoms with Crippen LogP contribution in [-0.4, -0.2) is 32.1 Å². The highest BCUT2D eigenvalue weighted by atomic mass is 31.2. The van der Waals surface area contributed by atoms with Gasteiger partial charge < -0.3 is 9.30 Å². The molecule has 0 spiro atoms. The maximum Gasteiger partial charge on any atom is 0.330 e. The van der Waals surface area contributed by atoms with Crippen LogP contribution in [0.3, 0.4) is 0 Å². The zero-order valence-corrected chi connectivity index (χ0v) is 11.0. The largest absolute Gasteiger partial charge is 0.462 e. The number of esters is 1. The van der Waals surface area contributed by atoms with Gasteiger partial charge in [0.15, 0.2) is 0 Å². The van der Waals surface area contributed by atoms with Crippen LogP contribution in [-0.2, 0) is 14.1 Å². The standard InChI is InChI=1S/C13H17O3P/c1-17(2,15)11-10-16-13(14)9-8-12-6-4-3-5-7-12/h3-9H,10-11H2,1-2H3/b9-8+. The normalized spacial score (nSPS) is 11.6. The van der Waals surface area contributed by atoms with Crippen LogP contribution in [0, 0.1) is 0 Å². The number of carbonyl (C=O) groups excluding carboxylic acids is 1. The predicted molar refractivity (Wildman–Crippen MR) is 70.8 cm³/mol. The summed E-state index contributed by atoms with van der Waals surface area (Å²) < 4.78 is 16.3. The van der Waals surface area contributed by atoms with Crippen molar-refractivity contribution in [1.29, 1.82) is 0 Å². The Morgan fingerprint density at radius 3 is 2.53 bits per heavy atom. The molecule has 0 saturated carbocycles. The number of hydrogen-bond acceptors (Lipinski definition) is 3. The molecule has 0 aliphatic rings. The fraction of sp³-hybridized carbons (Fsp3) is 0.308. The van der Waals surface area contributed by atoms with Crippen molar-refractivity contribution in [2.75, 3.05) is 26.1 Å². The minimum Gasteiger partial charge on any atom is -0.462 e. The van der Waals surface area contributed by atoms with Crippen molar-refractivity contribution in [2.24, 2.45) is 0 Å². The van der Waals surface area contributed by atoms with E-state index in [4.69, 9.17) is 4.74 Å². The summed E-state index contributed by atoms with van der Waals surface area (Å²) in [6.07, 6.45) is 3.50. The molecular weight excluding hydrogens is 235 g/mol. The van der Waals surface area contributed by atoms with Crippen LogP contribution >= 0.6 is 7.14 Å². The fourth-order valence-corrected chi connectivity index (χ4v) is 1.67. The smallest absolute Gasteiger partial charge is 0.330 e. The summed E-state index contributed by atoms with van der Waals surface area (Å²) in [7, 11) is -2.10. The minimum atomic E-state index is -2.10. The molecule has 0 unspecified atom stereocenters. The van der Waals surface area contributed by atoms with Crippen molar-refractivity contribution in [2.45, 2.75) is 0 Å². The zero-order chi connectivity index (χ0) is 12.7. The lowest BCUT2D eigenvalue weighted by Gasteiger charge is -2.05. The Labute approximate surface area is 102 Å². The van der Waals surface area contributed by atoms with E-state index in [-0.39, 0.29) is 6.61 Å². The van der Waals surface area contributed by atoms with Crippen molar-refractivity contribution in [3.63, 3.8) is 0 Å².